The molecule has 1 aromatic carbocycles. The Morgan fingerprint density at radius 2 is 1.60 bits per heavy atom. The summed E-state index contributed by atoms with van der Waals surface area (Å²) in [6, 6.07) is 5.62. The Morgan fingerprint density at radius 3 is 2.00 bits per heavy atom. The minimum atomic E-state index is 0.162. The van der Waals surface area contributed by atoms with E-state index in [0.717, 1.165) is 19.3 Å². The van der Waals surface area contributed by atoms with Gasteiger partial charge in [-0.05, 0) is 43.4 Å². The summed E-state index contributed by atoms with van der Waals surface area (Å²) in [6.07, 6.45) is 3.05. The largest absolute Gasteiger partial charge is 0.493 e. The molecule has 0 unspecified atom stereocenters. The van der Waals surface area contributed by atoms with Crippen molar-refractivity contribution in [3.8, 4) is 17.2 Å². The van der Waals surface area contributed by atoms with Gasteiger partial charge in [-0.15, -0.1) is 0 Å². The fourth-order valence-corrected chi connectivity index (χ4v) is 2.32. The van der Waals surface area contributed by atoms with E-state index < -0.39 is 0 Å². The number of methoxy groups -OCH3 is 2. The van der Waals surface area contributed by atoms with Crippen LogP contribution in [0.15, 0.2) is 18.2 Å². The molecule has 1 rings (SSSR count). The predicted octanol–water partition coefficient (Wildman–Crippen LogP) is 3.24. The average Bonchev–Trinajstić information content (AvgIpc) is 2.52. The van der Waals surface area contributed by atoms with Gasteiger partial charge in [-0.2, -0.15) is 0 Å². The summed E-state index contributed by atoms with van der Waals surface area (Å²) in [5, 5.41) is 0. The summed E-state index contributed by atoms with van der Waals surface area (Å²) < 4.78 is 16.5. The van der Waals surface area contributed by atoms with E-state index in [9.17, 15) is 0 Å². The third-order valence-corrected chi connectivity index (χ3v) is 4.19. The molecule has 0 aromatic heterocycles. The lowest BCUT2D eigenvalue weighted by molar-refractivity contribution is 0.180. The van der Waals surface area contributed by atoms with E-state index in [1.807, 2.05) is 18.2 Å². The van der Waals surface area contributed by atoms with E-state index in [0.29, 0.717) is 30.4 Å². The fraction of sp³-hybridized carbons (Fsp3) is 0.625. The first kappa shape index (κ1) is 16.6. The SMILES string of the molecule is CCC(CC)(CN)CCOc1c(OC)cccc1OC. The first-order chi connectivity index (χ1) is 9.66. The molecular formula is C16H27NO3. The van der Waals surface area contributed by atoms with E-state index in [1.165, 1.54) is 0 Å². The van der Waals surface area contributed by atoms with Gasteiger partial charge in [-0.1, -0.05) is 19.9 Å². The normalized spacial score (nSPS) is 11.2. The summed E-state index contributed by atoms with van der Waals surface area (Å²) in [5.41, 5.74) is 6.08. The topological polar surface area (TPSA) is 53.7 Å². The second-order valence-corrected chi connectivity index (χ2v) is 5.00. The highest BCUT2D eigenvalue weighted by atomic mass is 16.5. The monoisotopic (exact) mass is 281 g/mol. The van der Waals surface area contributed by atoms with E-state index >= 15 is 0 Å². The molecule has 2 N–H and O–H groups in total. The molecule has 4 nitrogen and oxygen atoms in total. The van der Waals surface area contributed by atoms with Gasteiger partial charge in [0.1, 0.15) is 0 Å². The van der Waals surface area contributed by atoms with Crippen LogP contribution in [0, 0.1) is 5.41 Å². The van der Waals surface area contributed by atoms with Crippen molar-refractivity contribution in [2.45, 2.75) is 33.1 Å². The van der Waals surface area contributed by atoms with Crippen molar-refractivity contribution in [2.24, 2.45) is 11.1 Å². The van der Waals surface area contributed by atoms with Crippen molar-refractivity contribution in [1.82, 2.24) is 0 Å². The van der Waals surface area contributed by atoms with E-state index in [-0.39, 0.29) is 5.41 Å². The van der Waals surface area contributed by atoms with Crippen molar-refractivity contribution in [2.75, 3.05) is 27.4 Å². The summed E-state index contributed by atoms with van der Waals surface area (Å²) in [6.45, 7) is 5.65. The number of nitrogens with two attached hydrogens (primary N) is 1. The maximum absolute atomic E-state index is 5.92. The molecule has 20 heavy (non-hydrogen) atoms. The molecule has 1 aromatic rings. The van der Waals surface area contributed by atoms with Crippen molar-refractivity contribution in [3.63, 3.8) is 0 Å². The molecule has 0 heterocycles. The second-order valence-electron chi connectivity index (χ2n) is 5.00. The molecule has 0 aliphatic rings. The van der Waals surface area contributed by atoms with Crippen LogP contribution in [0.3, 0.4) is 0 Å². The van der Waals surface area contributed by atoms with Crippen LogP contribution in [0.25, 0.3) is 0 Å². The van der Waals surface area contributed by atoms with Gasteiger partial charge in [0.15, 0.2) is 11.5 Å². The van der Waals surface area contributed by atoms with E-state index in [1.54, 1.807) is 14.2 Å². The summed E-state index contributed by atoms with van der Waals surface area (Å²) >= 11 is 0. The number of rotatable bonds is 9. The van der Waals surface area contributed by atoms with Crippen LogP contribution in [0.2, 0.25) is 0 Å². The lowest BCUT2D eigenvalue weighted by atomic mass is 9.80. The molecular weight excluding hydrogens is 254 g/mol. The number of ether oxygens (including phenoxy) is 3. The highest BCUT2D eigenvalue weighted by molar-refractivity contribution is 5.51. The Kier molecular flexibility index (Phi) is 6.65. The standard InChI is InChI=1S/C16H27NO3/c1-5-16(6-2,12-17)10-11-20-15-13(18-3)8-7-9-14(15)19-4/h7-9H,5-6,10-12,17H2,1-4H3. The maximum atomic E-state index is 5.92. The molecule has 0 bridgehead atoms. The van der Waals surface area contributed by atoms with Crippen molar-refractivity contribution >= 4 is 0 Å². The molecule has 0 atom stereocenters. The van der Waals surface area contributed by atoms with Gasteiger partial charge in [0, 0.05) is 0 Å². The average molecular weight is 281 g/mol. The molecule has 0 spiro atoms. The minimum Gasteiger partial charge on any atom is -0.493 e. The minimum absolute atomic E-state index is 0.162. The van der Waals surface area contributed by atoms with Crippen LogP contribution in [0.5, 0.6) is 17.2 Å². The molecule has 0 aliphatic heterocycles. The zero-order chi connectivity index (χ0) is 15.0. The maximum Gasteiger partial charge on any atom is 0.203 e. The van der Waals surface area contributed by atoms with Gasteiger partial charge in [0.05, 0.1) is 20.8 Å². The molecule has 0 saturated heterocycles. The lowest BCUT2D eigenvalue weighted by Crippen LogP contribution is -2.31. The smallest absolute Gasteiger partial charge is 0.203 e. The van der Waals surface area contributed by atoms with E-state index in [4.69, 9.17) is 19.9 Å². The van der Waals surface area contributed by atoms with Gasteiger partial charge in [-0.25, -0.2) is 0 Å². The summed E-state index contributed by atoms with van der Waals surface area (Å²) in [5.74, 6) is 2.04. The fourth-order valence-electron chi connectivity index (χ4n) is 2.32. The number of para-hydroxylation sites is 1. The Bertz CT molecular complexity index is 372. The Hall–Kier alpha value is -1.42. The lowest BCUT2D eigenvalue weighted by Gasteiger charge is -2.30. The summed E-state index contributed by atoms with van der Waals surface area (Å²) in [4.78, 5) is 0. The van der Waals surface area contributed by atoms with Gasteiger partial charge in [-0.3, -0.25) is 0 Å². The third kappa shape index (κ3) is 3.79. The second kappa shape index (κ2) is 8.00. The van der Waals surface area contributed by atoms with Gasteiger partial charge >= 0.3 is 0 Å². The molecule has 0 saturated carbocycles. The van der Waals surface area contributed by atoms with Gasteiger partial charge in [0.2, 0.25) is 5.75 Å². The molecule has 0 fully saturated rings. The Balaban J connectivity index is 2.75. The highest BCUT2D eigenvalue weighted by Crippen LogP contribution is 2.37. The van der Waals surface area contributed by atoms with Crippen molar-refractivity contribution < 1.29 is 14.2 Å². The van der Waals surface area contributed by atoms with Crippen LogP contribution in [0.1, 0.15) is 33.1 Å². The van der Waals surface area contributed by atoms with Crippen molar-refractivity contribution in [1.29, 1.82) is 0 Å². The third-order valence-electron chi connectivity index (χ3n) is 4.19. The molecule has 0 radical (unpaired) electrons. The first-order valence-corrected chi connectivity index (χ1v) is 7.20. The Labute approximate surface area is 122 Å². The van der Waals surface area contributed by atoms with E-state index in [2.05, 4.69) is 13.8 Å². The van der Waals surface area contributed by atoms with Crippen LogP contribution in [-0.4, -0.2) is 27.4 Å². The van der Waals surface area contributed by atoms with Crippen LogP contribution in [-0.2, 0) is 0 Å². The van der Waals surface area contributed by atoms with Gasteiger partial charge < -0.3 is 19.9 Å². The van der Waals surface area contributed by atoms with Crippen LogP contribution >= 0.6 is 0 Å². The molecule has 0 aliphatic carbocycles. The summed E-state index contributed by atoms with van der Waals surface area (Å²) in [7, 11) is 3.26. The molecule has 0 amide bonds. The first-order valence-electron chi connectivity index (χ1n) is 7.20. The van der Waals surface area contributed by atoms with Gasteiger partial charge in [0.25, 0.3) is 0 Å². The zero-order valence-electron chi connectivity index (χ0n) is 13.1. The predicted molar refractivity (Wildman–Crippen MR) is 81.7 cm³/mol. The highest BCUT2D eigenvalue weighted by Gasteiger charge is 2.24. The number of hydrogen-bond acceptors (Lipinski definition) is 4. The quantitative estimate of drug-likeness (QED) is 0.755. The van der Waals surface area contributed by atoms with Crippen molar-refractivity contribution in [3.05, 3.63) is 18.2 Å². The zero-order valence-corrected chi connectivity index (χ0v) is 13.1. The number of hydrogen-bond donors (Lipinski definition) is 1. The Morgan fingerprint density at radius 1 is 1.05 bits per heavy atom. The molecule has 114 valence electrons. The van der Waals surface area contributed by atoms with Crippen LogP contribution in [0.4, 0.5) is 0 Å². The number of benzene rings is 1. The van der Waals surface area contributed by atoms with Crippen LogP contribution < -0.4 is 19.9 Å². The molecule has 4 heteroatoms.